The number of carbonyl (C=O) groups is 1. The van der Waals surface area contributed by atoms with Crippen molar-refractivity contribution >= 4 is 21.7 Å². The van der Waals surface area contributed by atoms with Crippen molar-refractivity contribution in [1.29, 1.82) is 0 Å². The fourth-order valence-electron chi connectivity index (χ4n) is 1.98. The highest BCUT2D eigenvalue weighted by Crippen LogP contribution is 2.11. The lowest BCUT2D eigenvalue weighted by atomic mass is 10.1. The molecule has 2 aromatic rings. The molecule has 0 saturated heterocycles. The zero-order chi connectivity index (χ0) is 16.7. The summed E-state index contributed by atoms with van der Waals surface area (Å²) < 4.78 is 24.2. The molecule has 2 aromatic carbocycles. The number of sulfonamides is 1. The molecule has 0 spiro atoms. The van der Waals surface area contributed by atoms with Crippen LogP contribution < -0.4 is 15.6 Å². The number of benzene rings is 2. The molecule has 0 aliphatic heterocycles. The van der Waals surface area contributed by atoms with Gasteiger partial charge < -0.3 is 5.32 Å². The summed E-state index contributed by atoms with van der Waals surface area (Å²) in [6.07, 6.45) is 1.89. The summed E-state index contributed by atoms with van der Waals surface area (Å²) in [4.78, 5) is 13.8. The molecule has 122 valence electrons. The fourth-order valence-corrected chi connectivity index (χ4v) is 2.82. The lowest BCUT2D eigenvalue weighted by Crippen LogP contribution is -2.43. The van der Waals surface area contributed by atoms with E-state index in [1.807, 2.05) is 6.07 Å². The minimum Gasteiger partial charge on any atom is -0.307 e. The molecule has 3 N–H and O–H groups in total. The van der Waals surface area contributed by atoms with Gasteiger partial charge in [0.15, 0.2) is 0 Å². The zero-order valence-corrected chi connectivity index (χ0v) is 13.6. The maximum Gasteiger partial charge on any atom is 0.334 e. The molecule has 6 nitrogen and oxygen atoms in total. The molecular weight excluding hydrogens is 314 g/mol. The van der Waals surface area contributed by atoms with Crippen LogP contribution in [0.3, 0.4) is 0 Å². The average Bonchev–Trinajstić information content (AvgIpc) is 2.55. The van der Waals surface area contributed by atoms with Crippen molar-refractivity contribution in [2.75, 3.05) is 5.32 Å². The number of urea groups is 1. The summed E-state index contributed by atoms with van der Waals surface area (Å²) in [7, 11) is -3.80. The smallest absolute Gasteiger partial charge is 0.307 e. The van der Waals surface area contributed by atoms with Crippen LogP contribution >= 0.6 is 0 Å². The Morgan fingerprint density at radius 2 is 1.65 bits per heavy atom. The Morgan fingerprint density at radius 3 is 2.26 bits per heavy atom. The summed E-state index contributed by atoms with van der Waals surface area (Å²) in [6, 6.07) is 14.6. The van der Waals surface area contributed by atoms with Crippen molar-refractivity contribution in [3.8, 4) is 0 Å². The number of hydrazine groups is 1. The van der Waals surface area contributed by atoms with Gasteiger partial charge >= 0.3 is 6.03 Å². The van der Waals surface area contributed by atoms with Crippen molar-refractivity contribution < 1.29 is 13.2 Å². The lowest BCUT2D eigenvalue weighted by molar-refractivity contribution is 0.250. The SMILES string of the molecule is CCCc1ccc(S(=O)(=O)NNC(=O)Nc2ccccc2)cc1. The topological polar surface area (TPSA) is 87.3 Å². The molecule has 0 heterocycles. The van der Waals surface area contributed by atoms with Gasteiger partial charge in [0.2, 0.25) is 0 Å². The van der Waals surface area contributed by atoms with Crippen LogP contribution in [0.5, 0.6) is 0 Å². The second kappa shape index (κ2) is 7.75. The van der Waals surface area contributed by atoms with E-state index >= 15 is 0 Å². The van der Waals surface area contributed by atoms with Gasteiger partial charge in [-0.25, -0.2) is 13.2 Å². The summed E-state index contributed by atoms with van der Waals surface area (Å²) >= 11 is 0. The molecule has 2 amide bonds. The number of rotatable bonds is 6. The Bertz CT molecular complexity index is 744. The number of nitrogens with one attached hydrogen (secondary N) is 3. The van der Waals surface area contributed by atoms with E-state index in [1.54, 1.807) is 36.4 Å². The van der Waals surface area contributed by atoms with Crippen molar-refractivity contribution in [3.63, 3.8) is 0 Å². The highest BCUT2D eigenvalue weighted by Gasteiger charge is 2.14. The molecule has 0 unspecified atom stereocenters. The maximum atomic E-state index is 12.1. The minimum absolute atomic E-state index is 0.0948. The van der Waals surface area contributed by atoms with Gasteiger partial charge in [0.25, 0.3) is 10.0 Å². The Labute approximate surface area is 135 Å². The van der Waals surface area contributed by atoms with Crippen LogP contribution in [-0.4, -0.2) is 14.4 Å². The molecule has 0 saturated carbocycles. The first-order valence-electron chi connectivity index (χ1n) is 7.24. The van der Waals surface area contributed by atoms with E-state index in [9.17, 15) is 13.2 Å². The maximum absolute atomic E-state index is 12.1. The number of anilines is 1. The van der Waals surface area contributed by atoms with E-state index in [2.05, 4.69) is 22.5 Å². The first kappa shape index (κ1) is 17.0. The van der Waals surface area contributed by atoms with Crippen LogP contribution in [0.1, 0.15) is 18.9 Å². The van der Waals surface area contributed by atoms with E-state index in [-0.39, 0.29) is 4.90 Å². The van der Waals surface area contributed by atoms with Crippen LogP contribution in [0.15, 0.2) is 59.5 Å². The molecular formula is C16H19N3O3S. The fraction of sp³-hybridized carbons (Fsp3) is 0.188. The van der Waals surface area contributed by atoms with Crippen molar-refractivity contribution in [3.05, 3.63) is 60.2 Å². The van der Waals surface area contributed by atoms with Crippen molar-refractivity contribution in [2.24, 2.45) is 0 Å². The normalized spacial score (nSPS) is 11.0. The third-order valence-corrected chi connectivity index (χ3v) is 4.37. The third-order valence-electron chi connectivity index (χ3n) is 3.10. The van der Waals surface area contributed by atoms with Gasteiger partial charge in [-0.3, -0.25) is 5.43 Å². The summed E-state index contributed by atoms with van der Waals surface area (Å²) in [5.41, 5.74) is 3.76. The second-order valence-electron chi connectivity index (χ2n) is 4.94. The summed E-state index contributed by atoms with van der Waals surface area (Å²) in [5.74, 6) is 0. The van der Waals surface area contributed by atoms with E-state index in [0.29, 0.717) is 5.69 Å². The molecule has 0 aliphatic carbocycles. The van der Waals surface area contributed by atoms with Gasteiger partial charge in [-0.1, -0.05) is 43.7 Å². The summed E-state index contributed by atoms with van der Waals surface area (Å²) in [6.45, 7) is 2.06. The van der Waals surface area contributed by atoms with Gasteiger partial charge in [0.1, 0.15) is 0 Å². The Morgan fingerprint density at radius 1 is 1.00 bits per heavy atom. The first-order chi connectivity index (χ1) is 11.0. The number of hydrogen-bond donors (Lipinski definition) is 3. The molecule has 0 atom stereocenters. The van der Waals surface area contributed by atoms with E-state index in [0.717, 1.165) is 18.4 Å². The number of para-hydroxylation sites is 1. The Kier molecular flexibility index (Phi) is 5.72. The van der Waals surface area contributed by atoms with E-state index in [1.165, 1.54) is 12.1 Å². The molecule has 0 radical (unpaired) electrons. The molecule has 2 rings (SSSR count). The van der Waals surface area contributed by atoms with Crippen molar-refractivity contribution in [1.82, 2.24) is 10.3 Å². The largest absolute Gasteiger partial charge is 0.334 e. The van der Waals surface area contributed by atoms with Crippen LogP contribution in [0.2, 0.25) is 0 Å². The number of hydrogen-bond acceptors (Lipinski definition) is 3. The van der Waals surface area contributed by atoms with E-state index in [4.69, 9.17) is 0 Å². The second-order valence-corrected chi connectivity index (χ2v) is 6.63. The van der Waals surface area contributed by atoms with Gasteiger partial charge in [-0.15, -0.1) is 4.83 Å². The zero-order valence-electron chi connectivity index (χ0n) is 12.7. The van der Waals surface area contributed by atoms with E-state index < -0.39 is 16.1 Å². The van der Waals surface area contributed by atoms with Gasteiger partial charge in [-0.05, 0) is 36.2 Å². The minimum atomic E-state index is -3.80. The Balaban J connectivity index is 1.94. The van der Waals surface area contributed by atoms with Gasteiger partial charge in [-0.2, -0.15) is 0 Å². The third kappa shape index (κ3) is 5.08. The molecule has 23 heavy (non-hydrogen) atoms. The number of amides is 2. The standard InChI is InChI=1S/C16H19N3O3S/c1-2-6-13-9-11-15(12-10-13)23(21,22)19-18-16(20)17-14-7-4-3-5-8-14/h3-5,7-12,19H,2,6H2,1H3,(H2,17,18,20). The molecule has 0 fully saturated rings. The number of aryl methyl sites for hydroxylation is 1. The van der Waals surface area contributed by atoms with Gasteiger partial charge in [0, 0.05) is 5.69 Å². The highest BCUT2D eigenvalue weighted by molar-refractivity contribution is 7.89. The van der Waals surface area contributed by atoms with Crippen LogP contribution in [0.4, 0.5) is 10.5 Å². The lowest BCUT2D eigenvalue weighted by Gasteiger charge is -2.10. The first-order valence-corrected chi connectivity index (χ1v) is 8.72. The highest BCUT2D eigenvalue weighted by atomic mass is 32.2. The monoisotopic (exact) mass is 333 g/mol. The quantitative estimate of drug-likeness (QED) is 0.710. The summed E-state index contributed by atoms with van der Waals surface area (Å²) in [5, 5.41) is 2.51. The average molecular weight is 333 g/mol. The van der Waals surface area contributed by atoms with Crippen LogP contribution in [-0.2, 0) is 16.4 Å². The number of carbonyl (C=O) groups excluding carboxylic acids is 1. The van der Waals surface area contributed by atoms with Crippen LogP contribution in [0, 0.1) is 0 Å². The molecule has 0 aliphatic rings. The van der Waals surface area contributed by atoms with Crippen molar-refractivity contribution in [2.45, 2.75) is 24.7 Å². The van der Waals surface area contributed by atoms with Gasteiger partial charge in [0.05, 0.1) is 4.90 Å². The Hall–Kier alpha value is -2.38. The van der Waals surface area contributed by atoms with Crippen LogP contribution in [0.25, 0.3) is 0 Å². The molecule has 0 bridgehead atoms. The predicted octanol–water partition coefficient (Wildman–Crippen LogP) is 2.65. The molecule has 0 aromatic heterocycles. The molecule has 7 heteroatoms. The predicted molar refractivity (Wildman–Crippen MR) is 89.4 cm³/mol.